The van der Waals surface area contributed by atoms with E-state index in [4.69, 9.17) is 0 Å². The Hall–Kier alpha value is -3.19. The summed E-state index contributed by atoms with van der Waals surface area (Å²) in [6.07, 6.45) is 1.29. The van der Waals surface area contributed by atoms with Crippen LogP contribution in [-0.4, -0.2) is 38.6 Å². The van der Waals surface area contributed by atoms with Gasteiger partial charge in [0.2, 0.25) is 0 Å². The fourth-order valence-corrected chi connectivity index (χ4v) is 3.94. The number of piperidine rings is 1. The van der Waals surface area contributed by atoms with E-state index in [1.54, 1.807) is 12.1 Å². The van der Waals surface area contributed by atoms with Crippen molar-refractivity contribution < 1.29 is 14.8 Å². The van der Waals surface area contributed by atoms with E-state index in [1.165, 1.54) is 6.07 Å². The van der Waals surface area contributed by atoms with Crippen LogP contribution in [0.25, 0.3) is 16.6 Å². The van der Waals surface area contributed by atoms with Gasteiger partial charge in [0, 0.05) is 35.4 Å². The standard InChI is InChI=1S/C21H21N3O4/c25-21(26)15-8-10-22(11-9-15)14-19-13-16-12-18(24(27)28)6-7-20(16)23(19)17-4-2-1-3-5-17/h1-7,12-13,15H,8-11,14H2,(H,25,26). The second-order valence-corrected chi connectivity index (χ2v) is 7.20. The van der Waals surface area contributed by atoms with Crippen LogP contribution in [0, 0.1) is 16.0 Å². The number of aromatic nitrogens is 1. The summed E-state index contributed by atoms with van der Waals surface area (Å²) in [5, 5.41) is 21.2. The average molecular weight is 379 g/mol. The number of carboxylic acids is 1. The van der Waals surface area contributed by atoms with Crippen molar-refractivity contribution in [1.29, 1.82) is 0 Å². The lowest BCUT2D eigenvalue weighted by Crippen LogP contribution is -2.36. The number of nitrogens with zero attached hydrogens (tertiary/aromatic N) is 3. The normalized spacial score (nSPS) is 15.7. The molecule has 1 aliphatic heterocycles. The lowest BCUT2D eigenvalue weighted by atomic mass is 9.97. The largest absolute Gasteiger partial charge is 0.481 e. The first-order valence-electron chi connectivity index (χ1n) is 9.32. The highest BCUT2D eigenvalue weighted by Gasteiger charge is 2.25. The molecule has 1 N–H and O–H groups in total. The van der Waals surface area contributed by atoms with E-state index >= 15 is 0 Å². The number of para-hydroxylation sites is 1. The van der Waals surface area contributed by atoms with E-state index < -0.39 is 5.97 Å². The van der Waals surface area contributed by atoms with E-state index in [1.807, 2.05) is 36.4 Å². The van der Waals surface area contributed by atoms with Gasteiger partial charge in [0.05, 0.1) is 16.4 Å². The molecule has 0 amide bonds. The van der Waals surface area contributed by atoms with Crippen LogP contribution in [0.3, 0.4) is 0 Å². The summed E-state index contributed by atoms with van der Waals surface area (Å²) in [6, 6.07) is 16.8. The number of likely N-dealkylation sites (tertiary alicyclic amines) is 1. The number of nitro benzene ring substituents is 1. The van der Waals surface area contributed by atoms with Crippen LogP contribution in [-0.2, 0) is 11.3 Å². The number of non-ortho nitro benzene ring substituents is 1. The van der Waals surface area contributed by atoms with Gasteiger partial charge in [-0.3, -0.25) is 19.8 Å². The smallest absolute Gasteiger partial charge is 0.306 e. The van der Waals surface area contributed by atoms with Crippen LogP contribution < -0.4 is 0 Å². The third-order valence-corrected chi connectivity index (χ3v) is 5.41. The van der Waals surface area contributed by atoms with Gasteiger partial charge in [-0.15, -0.1) is 0 Å². The zero-order chi connectivity index (χ0) is 19.7. The zero-order valence-corrected chi connectivity index (χ0v) is 15.3. The van der Waals surface area contributed by atoms with Gasteiger partial charge < -0.3 is 9.67 Å². The molecule has 0 bridgehead atoms. The minimum atomic E-state index is -0.717. The Labute approximate surface area is 162 Å². The number of benzene rings is 2. The Kier molecular flexibility index (Phi) is 4.83. The van der Waals surface area contributed by atoms with Crippen molar-refractivity contribution >= 4 is 22.6 Å². The Bertz CT molecular complexity index is 1020. The van der Waals surface area contributed by atoms with Crippen molar-refractivity contribution in [3.63, 3.8) is 0 Å². The van der Waals surface area contributed by atoms with Gasteiger partial charge in [0.15, 0.2) is 0 Å². The molecule has 7 nitrogen and oxygen atoms in total. The molecule has 0 saturated carbocycles. The highest BCUT2D eigenvalue weighted by atomic mass is 16.6. The summed E-state index contributed by atoms with van der Waals surface area (Å²) in [5.41, 5.74) is 3.04. The molecule has 1 aliphatic rings. The van der Waals surface area contributed by atoms with Gasteiger partial charge in [-0.25, -0.2) is 0 Å². The first-order valence-corrected chi connectivity index (χ1v) is 9.32. The molecule has 7 heteroatoms. The summed E-state index contributed by atoms with van der Waals surface area (Å²) in [7, 11) is 0. The first-order chi connectivity index (χ1) is 13.5. The average Bonchev–Trinajstić information content (AvgIpc) is 3.06. The molecule has 28 heavy (non-hydrogen) atoms. The maximum Gasteiger partial charge on any atom is 0.306 e. The fourth-order valence-electron chi connectivity index (χ4n) is 3.94. The minimum Gasteiger partial charge on any atom is -0.481 e. The minimum absolute atomic E-state index is 0.0755. The quantitative estimate of drug-likeness (QED) is 0.537. The van der Waals surface area contributed by atoms with Crippen molar-refractivity contribution in [2.45, 2.75) is 19.4 Å². The molecule has 0 radical (unpaired) electrons. The lowest BCUT2D eigenvalue weighted by molar-refractivity contribution is -0.384. The van der Waals surface area contributed by atoms with Crippen LogP contribution in [0.15, 0.2) is 54.6 Å². The van der Waals surface area contributed by atoms with Crippen molar-refractivity contribution in [3.8, 4) is 5.69 Å². The third kappa shape index (κ3) is 3.48. The predicted octanol–water partition coefficient (Wildman–Crippen LogP) is 3.84. The van der Waals surface area contributed by atoms with Crippen molar-refractivity contribution in [3.05, 3.63) is 70.4 Å². The second-order valence-electron chi connectivity index (χ2n) is 7.20. The number of hydrogen-bond donors (Lipinski definition) is 1. The van der Waals surface area contributed by atoms with Crippen LogP contribution in [0.1, 0.15) is 18.5 Å². The summed E-state index contributed by atoms with van der Waals surface area (Å²) in [5.74, 6) is -0.982. The maximum absolute atomic E-state index is 11.2. The number of aliphatic carboxylic acids is 1. The second kappa shape index (κ2) is 7.44. The molecule has 3 aromatic rings. The number of nitro groups is 1. The van der Waals surface area contributed by atoms with Gasteiger partial charge >= 0.3 is 5.97 Å². The van der Waals surface area contributed by atoms with E-state index in [0.29, 0.717) is 19.4 Å². The van der Waals surface area contributed by atoms with Gasteiger partial charge in [-0.2, -0.15) is 0 Å². The van der Waals surface area contributed by atoms with Gasteiger partial charge in [-0.05, 0) is 50.2 Å². The molecule has 0 spiro atoms. The maximum atomic E-state index is 11.2. The topological polar surface area (TPSA) is 88.6 Å². The zero-order valence-electron chi connectivity index (χ0n) is 15.3. The van der Waals surface area contributed by atoms with Crippen molar-refractivity contribution in [1.82, 2.24) is 9.47 Å². The van der Waals surface area contributed by atoms with E-state index in [-0.39, 0.29) is 16.5 Å². The van der Waals surface area contributed by atoms with Crippen LogP contribution >= 0.6 is 0 Å². The molecule has 2 aromatic carbocycles. The van der Waals surface area contributed by atoms with Gasteiger partial charge in [0.1, 0.15) is 0 Å². The van der Waals surface area contributed by atoms with E-state index in [2.05, 4.69) is 9.47 Å². The summed E-state index contributed by atoms with van der Waals surface area (Å²) >= 11 is 0. The number of hydrogen-bond acceptors (Lipinski definition) is 4. The van der Waals surface area contributed by atoms with Crippen molar-refractivity contribution in [2.24, 2.45) is 5.92 Å². The SMILES string of the molecule is O=C(O)C1CCN(Cc2cc3cc([N+](=O)[O-])ccc3n2-c2ccccc2)CC1. The highest BCUT2D eigenvalue weighted by Crippen LogP contribution is 2.29. The predicted molar refractivity (Wildman–Crippen MR) is 106 cm³/mol. The molecular weight excluding hydrogens is 358 g/mol. The molecule has 1 aromatic heterocycles. The Morgan fingerprint density at radius 3 is 2.46 bits per heavy atom. The molecule has 2 heterocycles. The monoisotopic (exact) mass is 379 g/mol. The molecule has 1 fully saturated rings. The summed E-state index contributed by atoms with van der Waals surface area (Å²) in [6.45, 7) is 2.13. The third-order valence-electron chi connectivity index (χ3n) is 5.41. The first kappa shape index (κ1) is 18.2. The van der Waals surface area contributed by atoms with E-state index in [9.17, 15) is 20.0 Å². The highest BCUT2D eigenvalue weighted by molar-refractivity contribution is 5.85. The molecule has 0 unspecified atom stereocenters. The number of rotatable bonds is 5. The van der Waals surface area contributed by atoms with E-state index in [0.717, 1.165) is 35.4 Å². The Morgan fingerprint density at radius 2 is 1.82 bits per heavy atom. The molecule has 1 saturated heterocycles. The van der Waals surface area contributed by atoms with Crippen molar-refractivity contribution in [2.75, 3.05) is 13.1 Å². The van der Waals surface area contributed by atoms with Gasteiger partial charge in [0.25, 0.3) is 5.69 Å². The molecule has 4 rings (SSSR count). The van der Waals surface area contributed by atoms with Crippen LogP contribution in [0.4, 0.5) is 5.69 Å². The van der Waals surface area contributed by atoms with Gasteiger partial charge in [-0.1, -0.05) is 18.2 Å². The fraction of sp³-hybridized carbons (Fsp3) is 0.286. The molecular formula is C21H21N3O4. The number of carboxylic acid groups (broad SMARTS) is 1. The van der Waals surface area contributed by atoms with Crippen LogP contribution in [0.5, 0.6) is 0 Å². The molecule has 0 aliphatic carbocycles. The Balaban J connectivity index is 1.70. The summed E-state index contributed by atoms with van der Waals surface area (Å²) < 4.78 is 2.13. The number of carbonyl (C=O) groups is 1. The lowest BCUT2D eigenvalue weighted by Gasteiger charge is -2.30. The molecule has 0 atom stereocenters. The van der Waals surface area contributed by atoms with Crippen LogP contribution in [0.2, 0.25) is 0 Å². The Morgan fingerprint density at radius 1 is 1.11 bits per heavy atom. The molecule has 144 valence electrons. The summed E-state index contributed by atoms with van der Waals surface area (Å²) in [4.78, 5) is 24.2. The number of fused-ring (bicyclic) bond motifs is 1.